The molecule has 1 unspecified atom stereocenters. The van der Waals surface area contributed by atoms with E-state index in [1.807, 2.05) is 0 Å². The van der Waals surface area contributed by atoms with Crippen molar-refractivity contribution in [2.24, 2.45) is 0 Å². The van der Waals surface area contributed by atoms with Crippen LogP contribution in [0.2, 0.25) is 10.0 Å². The highest BCUT2D eigenvalue weighted by molar-refractivity contribution is 9.09. The van der Waals surface area contributed by atoms with Gasteiger partial charge in [-0.1, -0.05) is 45.2 Å². The van der Waals surface area contributed by atoms with Crippen molar-refractivity contribution in [1.82, 2.24) is 4.90 Å². The maximum absolute atomic E-state index is 12.0. The molecule has 0 heterocycles. The molecule has 1 aromatic rings. The van der Waals surface area contributed by atoms with Crippen LogP contribution in [0.4, 0.5) is 0 Å². The minimum Gasteiger partial charge on any atom is -0.383 e. The molecule has 1 amide bonds. The summed E-state index contributed by atoms with van der Waals surface area (Å²) in [5.74, 6) is 0.0268. The Balaban J connectivity index is 2.56. The van der Waals surface area contributed by atoms with E-state index < -0.39 is 0 Å². The van der Waals surface area contributed by atoms with E-state index >= 15 is 0 Å². The lowest BCUT2D eigenvalue weighted by Crippen LogP contribution is -2.34. The molecule has 0 saturated carbocycles. The third-order valence-electron chi connectivity index (χ3n) is 2.58. The summed E-state index contributed by atoms with van der Waals surface area (Å²) >= 11 is 15.2. The standard InChI is InChI=1S/C13H16BrCl2NO2/c1-17(7-10(14)8-19-2)13(18)6-9-3-4-11(15)12(16)5-9/h3-5,10H,6-8H2,1-2H3. The average Bonchev–Trinajstić information content (AvgIpc) is 2.34. The predicted molar refractivity (Wildman–Crippen MR) is 82.4 cm³/mol. The molecule has 0 bridgehead atoms. The fourth-order valence-electron chi connectivity index (χ4n) is 1.59. The molecule has 1 aromatic carbocycles. The van der Waals surface area contributed by atoms with Gasteiger partial charge in [0.05, 0.1) is 27.9 Å². The van der Waals surface area contributed by atoms with Gasteiger partial charge < -0.3 is 9.64 Å². The van der Waals surface area contributed by atoms with Crippen LogP contribution in [-0.4, -0.2) is 42.9 Å². The van der Waals surface area contributed by atoms with E-state index in [0.717, 1.165) is 5.56 Å². The average molecular weight is 369 g/mol. The van der Waals surface area contributed by atoms with Gasteiger partial charge in [0.15, 0.2) is 0 Å². The third-order valence-corrected chi connectivity index (χ3v) is 3.88. The number of methoxy groups -OCH3 is 1. The summed E-state index contributed by atoms with van der Waals surface area (Å²) in [4.78, 5) is 13.8. The van der Waals surface area contributed by atoms with Gasteiger partial charge >= 0.3 is 0 Å². The Labute approximate surface area is 131 Å². The van der Waals surface area contributed by atoms with Crippen LogP contribution in [0.5, 0.6) is 0 Å². The van der Waals surface area contributed by atoms with E-state index in [2.05, 4.69) is 15.9 Å². The first kappa shape index (κ1) is 16.8. The molecule has 1 atom stereocenters. The predicted octanol–water partition coefficient (Wildman–Crippen LogP) is 3.40. The lowest BCUT2D eigenvalue weighted by molar-refractivity contribution is -0.129. The van der Waals surface area contributed by atoms with Crippen LogP contribution in [0.1, 0.15) is 5.56 Å². The van der Waals surface area contributed by atoms with Gasteiger partial charge in [-0.3, -0.25) is 4.79 Å². The molecule has 0 saturated heterocycles. The quantitative estimate of drug-likeness (QED) is 0.720. The molecule has 3 nitrogen and oxygen atoms in total. The van der Waals surface area contributed by atoms with Gasteiger partial charge in [-0.25, -0.2) is 0 Å². The second-order valence-corrected chi connectivity index (χ2v) is 6.36. The van der Waals surface area contributed by atoms with Gasteiger partial charge in [0, 0.05) is 20.7 Å². The van der Waals surface area contributed by atoms with Crippen molar-refractivity contribution in [2.45, 2.75) is 11.2 Å². The van der Waals surface area contributed by atoms with Crippen LogP contribution in [0.15, 0.2) is 18.2 Å². The third kappa shape index (κ3) is 5.69. The van der Waals surface area contributed by atoms with Crippen LogP contribution in [0.3, 0.4) is 0 Å². The zero-order chi connectivity index (χ0) is 14.4. The number of ether oxygens (including phenoxy) is 1. The minimum atomic E-state index is 0.0268. The summed E-state index contributed by atoms with van der Waals surface area (Å²) in [6.45, 7) is 1.15. The molecular formula is C13H16BrCl2NO2. The zero-order valence-corrected chi connectivity index (χ0v) is 13.9. The fraction of sp³-hybridized carbons (Fsp3) is 0.462. The first-order chi connectivity index (χ1) is 8.93. The highest BCUT2D eigenvalue weighted by Crippen LogP contribution is 2.23. The molecule has 0 spiro atoms. The molecule has 0 N–H and O–H groups in total. The molecule has 0 aliphatic heterocycles. The summed E-state index contributed by atoms with van der Waals surface area (Å²) in [7, 11) is 3.40. The Morgan fingerprint density at radius 1 is 1.42 bits per heavy atom. The second-order valence-electron chi connectivity index (χ2n) is 4.25. The van der Waals surface area contributed by atoms with Gasteiger partial charge in [-0.05, 0) is 17.7 Å². The molecule has 0 fully saturated rings. The van der Waals surface area contributed by atoms with Crippen LogP contribution in [0, 0.1) is 0 Å². The Morgan fingerprint density at radius 3 is 2.68 bits per heavy atom. The van der Waals surface area contributed by atoms with Gasteiger partial charge in [0.2, 0.25) is 5.91 Å². The largest absolute Gasteiger partial charge is 0.383 e. The van der Waals surface area contributed by atoms with E-state index in [1.54, 1.807) is 37.3 Å². The van der Waals surface area contributed by atoms with Gasteiger partial charge in [0.25, 0.3) is 0 Å². The highest BCUT2D eigenvalue weighted by Gasteiger charge is 2.14. The first-order valence-corrected chi connectivity index (χ1v) is 7.42. The fourth-order valence-corrected chi connectivity index (χ4v) is 2.61. The van der Waals surface area contributed by atoms with E-state index in [-0.39, 0.29) is 10.7 Å². The molecule has 0 aromatic heterocycles. The molecule has 0 aliphatic carbocycles. The van der Waals surface area contributed by atoms with Crippen molar-refractivity contribution in [2.75, 3.05) is 27.3 Å². The Hall–Kier alpha value is -0.290. The van der Waals surface area contributed by atoms with Crippen molar-refractivity contribution in [3.63, 3.8) is 0 Å². The zero-order valence-electron chi connectivity index (χ0n) is 10.8. The molecule has 1 rings (SSSR count). The van der Waals surface area contributed by atoms with Crippen LogP contribution < -0.4 is 0 Å². The monoisotopic (exact) mass is 367 g/mol. The number of rotatable bonds is 6. The Kier molecular flexibility index (Phi) is 7.15. The molecule has 0 aliphatic rings. The van der Waals surface area contributed by atoms with E-state index in [4.69, 9.17) is 27.9 Å². The second kappa shape index (κ2) is 8.10. The number of hydrogen-bond acceptors (Lipinski definition) is 2. The number of alkyl halides is 1. The molecule has 19 heavy (non-hydrogen) atoms. The van der Waals surface area contributed by atoms with E-state index in [0.29, 0.717) is 29.6 Å². The number of likely N-dealkylation sites (N-methyl/N-ethyl adjacent to an activating group) is 1. The number of nitrogens with zero attached hydrogens (tertiary/aromatic N) is 1. The van der Waals surface area contributed by atoms with Crippen LogP contribution in [0.25, 0.3) is 0 Å². The lowest BCUT2D eigenvalue weighted by Gasteiger charge is -2.20. The van der Waals surface area contributed by atoms with Crippen molar-refractivity contribution < 1.29 is 9.53 Å². The molecule has 106 valence electrons. The minimum absolute atomic E-state index is 0.0268. The maximum atomic E-state index is 12.0. The smallest absolute Gasteiger partial charge is 0.226 e. The topological polar surface area (TPSA) is 29.5 Å². The van der Waals surface area contributed by atoms with Crippen molar-refractivity contribution in [1.29, 1.82) is 0 Å². The van der Waals surface area contributed by atoms with Crippen LogP contribution >= 0.6 is 39.1 Å². The number of halogens is 3. The summed E-state index contributed by atoms with van der Waals surface area (Å²) < 4.78 is 5.01. The maximum Gasteiger partial charge on any atom is 0.226 e. The summed E-state index contributed by atoms with van der Waals surface area (Å²) in [5, 5.41) is 0.958. The van der Waals surface area contributed by atoms with Crippen molar-refractivity contribution in [3.05, 3.63) is 33.8 Å². The van der Waals surface area contributed by atoms with Gasteiger partial charge in [0.1, 0.15) is 0 Å². The van der Waals surface area contributed by atoms with E-state index in [1.165, 1.54) is 0 Å². The van der Waals surface area contributed by atoms with Gasteiger partial charge in [-0.2, -0.15) is 0 Å². The lowest BCUT2D eigenvalue weighted by atomic mass is 10.1. The molecular weight excluding hydrogens is 353 g/mol. The summed E-state index contributed by atoms with van der Waals surface area (Å²) in [6.07, 6.45) is 0.306. The molecule has 0 radical (unpaired) electrons. The summed E-state index contributed by atoms with van der Waals surface area (Å²) in [5.41, 5.74) is 0.851. The number of benzene rings is 1. The van der Waals surface area contributed by atoms with Crippen LogP contribution in [-0.2, 0) is 16.0 Å². The number of amides is 1. The van der Waals surface area contributed by atoms with Crippen molar-refractivity contribution >= 4 is 45.0 Å². The van der Waals surface area contributed by atoms with Gasteiger partial charge in [-0.15, -0.1) is 0 Å². The Bertz CT molecular complexity index is 443. The first-order valence-electron chi connectivity index (χ1n) is 5.75. The highest BCUT2D eigenvalue weighted by atomic mass is 79.9. The van der Waals surface area contributed by atoms with Crippen molar-refractivity contribution in [3.8, 4) is 0 Å². The van der Waals surface area contributed by atoms with E-state index in [9.17, 15) is 4.79 Å². The number of carbonyl (C=O) groups is 1. The SMILES string of the molecule is COCC(Br)CN(C)C(=O)Cc1ccc(Cl)c(Cl)c1. The Morgan fingerprint density at radius 2 is 2.11 bits per heavy atom. The molecule has 6 heteroatoms. The number of hydrogen-bond donors (Lipinski definition) is 0. The number of carbonyl (C=O) groups excluding carboxylic acids is 1. The summed E-state index contributed by atoms with van der Waals surface area (Å²) in [6, 6.07) is 5.22. The normalized spacial score (nSPS) is 12.3.